The van der Waals surface area contributed by atoms with Crippen LogP contribution in [0.3, 0.4) is 0 Å². The third-order valence-electron chi connectivity index (χ3n) is 2.54. The summed E-state index contributed by atoms with van der Waals surface area (Å²) in [5.41, 5.74) is 0.220. The van der Waals surface area contributed by atoms with Gasteiger partial charge in [0.1, 0.15) is 17.3 Å². The molecule has 0 atom stereocenters. The van der Waals surface area contributed by atoms with Crippen molar-refractivity contribution in [2.45, 2.75) is 11.6 Å². The van der Waals surface area contributed by atoms with E-state index < -0.39 is 15.8 Å². The number of benzene rings is 1. The van der Waals surface area contributed by atoms with Crippen LogP contribution in [0.15, 0.2) is 39.8 Å². The minimum Gasteiger partial charge on any atom is -0.497 e. The molecule has 0 unspecified atom stereocenters. The number of sulfonamides is 1. The van der Waals surface area contributed by atoms with Crippen molar-refractivity contribution in [3.63, 3.8) is 0 Å². The summed E-state index contributed by atoms with van der Waals surface area (Å²) in [7, 11) is -2.40. The predicted octanol–water partition coefficient (Wildman–Crippen LogP) is 1.69. The number of methoxy groups -OCH3 is 1. The number of nitrogens with two attached hydrogens (primary N) is 1. The highest BCUT2D eigenvalue weighted by Gasteiger charge is 2.13. The molecule has 20 heavy (non-hydrogen) atoms. The number of hydrogen-bond donors (Lipinski definition) is 2. The summed E-state index contributed by atoms with van der Waals surface area (Å²) in [6.45, 7) is 0.111. The van der Waals surface area contributed by atoms with E-state index in [4.69, 9.17) is 14.3 Å². The van der Waals surface area contributed by atoms with Gasteiger partial charge in [-0.1, -0.05) is 0 Å². The average molecular weight is 300 g/mol. The molecule has 0 aliphatic heterocycles. The van der Waals surface area contributed by atoms with Crippen LogP contribution in [0.1, 0.15) is 5.76 Å². The van der Waals surface area contributed by atoms with Crippen molar-refractivity contribution in [1.29, 1.82) is 0 Å². The van der Waals surface area contributed by atoms with Gasteiger partial charge in [0.2, 0.25) is 5.09 Å². The molecule has 0 aliphatic carbocycles. The molecule has 0 saturated carbocycles. The van der Waals surface area contributed by atoms with Crippen LogP contribution in [0, 0.1) is 5.82 Å². The number of rotatable bonds is 5. The quantitative estimate of drug-likeness (QED) is 0.876. The van der Waals surface area contributed by atoms with Crippen molar-refractivity contribution in [2.24, 2.45) is 5.14 Å². The Labute approximate surface area is 115 Å². The van der Waals surface area contributed by atoms with E-state index in [1.165, 1.54) is 37.4 Å². The van der Waals surface area contributed by atoms with E-state index in [1.54, 1.807) is 0 Å². The lowest BCUT2D eigenvalue weighted by Crippen LogP contribution is -2.10. The zero-order chi connectivity index (χ0) is 14.8. The summed E-state index contributed by atoms with van der Waals surface area (Å²) in [6.07, 6.45) is 0. The maximum absolute atomic E-state index is 13.5. The van der Waals surface area contributed by atoms with Gasteiger partial charge in [0.15, 0.2) is 0 Å². The Balaban J connectivity index is 2.11. The lowest BCUT2D eigenvalue weighted by atomic mass is 10.3. The van der Waals surface area contributed by atoms with Gasteiger partial charge < -0.3 is 14.5 Å². The third-order valence-corrected chi connectivity index (χ3v) is 3.32. The van der Waals surface area contributed by atoms with Crippen LogP contribution in [-0.4, -0.2) is 15.5 Å². The molecule has 108 valence electrons. The maximum atomic E-state index is 13.5. The van der Waals surface area contributed by atoms with Crippen molar-refractivity contribution in [3.8, 4) is 5.75 Å². The molecule has 2 rings (SSSR count). The lowest BCUT2D eigenvalue weighted by Gasteiger charge is -2.07. The number of nitrogens with one attached hydrogen (secondary N) is 1. The Bertz CT molecular complexity index is 712. The Kier molecular flexibility index (Phi) is 3.96. The van der Waals surface area contributed by atoms with Crippen molar-refractivity contribution in [3.05, 3.63) is 41.9 Å². The van der Waals surface area contributed by atoms with Crippen LogP contribution in [0.25, 0.3) is 0 Å². The first-order valence-electron chi connectivity index (χ1n) is 5.59. The molecule has 0 amide bonds. The molecule has 0 aliphatic rings. The molecular formula is C12H13FN2O4S. The topological polar surface area (TPSA) is 94.6 Å². The van der Waals surface area contributed by atoms with Crippen molar-refractivity contribution in [2.75, 3.05) is 12.4 Å². The molecule has 0 spiro atoms. The molecule has 1 aromatic carbocycles. The van der Waals surface area contributed by atoms with Crippen LogP contribution < -0.4 is 15.2 Å². The zero-order valence-corrected chi connectivity index (χ0v) is 11.4. The molecule has 0 bridgehead atoms. The Morgan fingerprint density at radius 3 is 2.70 bits per heavy atom. The Hall–Kier alpha value is -2.06. The number of primary sulfonamides is 1. The zero-order valence-electron chi connectivity index (χ0n) is 10.6. The molecule has 2 aromatic rings. The molecular weight excluding hydrogens is 287 g/mol. The van der Waals surface area contributed by atoms with E-state index in [9.17, 15) is 12.8 Å². The molecule has 0 fully saturated rings. The number of ether oxygens (including phenoxy) is 1. The van der Waals surface area contributed by atoms with E-state index in [0.717, 1.165) is 0 Å². The number of furan rings is 1. The average Bonchev–Trinajstić information content (AvgIpc) is 2.86. The van der Waals surface area contributed by atoms with E-state index in [2.05, 4.69) is 5.32 Å². The van der Waals surface area contributed by atoms with Gasteiger partial charge in [0.05, 0.1) is 19.3 Å². The smallest absolute Gasteiger partial charge is 0.271 e. The summed E-state index contributed by atoms with van der Waals surface area (Å²) in [5, 5.41) is 7.37. The second-order valence-corrected chi connectivity index (χ2v) is 5.46. The molecule has 3 N–H and O–H groups in total. The minimum atomic E-state index is -3.87. The van der Waals surface area contributed by atoms with E-state index >= 15 is 0 Å². The van der Waals surface area contributed by atoms with Gasteiger partial charge >= 0.3 is 0 Å². The van der Waals surface area contributed by atoms with E-state index in [0.29, 0.717) is 11.5 Å². The maximum Gasteiger partial charge on any atom is 0.271 e. The normalized spacial score (nSPS) is 11.3. The highest BCUT2D eigenvalue weighted by molar-refractivity contribution is 7.89. The standard InChI is InChI=1S/C12H13FN2O4S/c1-18-8-2-4-10(13)11(6-8)15-7-9-3-5-12(19-9)20(14,16)17/h2-6,15H,7H2,1H3,(H2,14,16,17). The first kappa shape index (κ1) is 14.4. The highest BCUT2D eigenvalue weighted by Crippen LogP contribution is 2.22. The fraction of sp³-hybridized carbons (Fsp3) is 0.167. The first-order valence-corrected chi connectivity index (χ1v) is 7.13. The fourth-order valence-corrected chi connectivity index (χ4v) is 2.04. The Morgan fingerprint density at radius 2 is 2.10 bits per heavy atom. The van der Waals surface area contributed by atoms with Gasteiger partial charge in [-0.25, -0.2) is 17.9 Å². The van der Waals surface area contributed by atoms with Crippen LogP contribution in [0.2, 0.25) is 0 Å². The van der Waals surface area contributed by atoms with E-state index in [-0.39, 0.29) is 17.3 Å². The van der Waals surface area contributed by atoms with Crippen molar-refractivity contribution < 1.29 is 22.0 Å². The molecule has 8 heteroatoms. The predicted molar refractivity (Wildman–Crippen MR) is 70.4 cm³/mol. The third kappa shape index (κ3) is 3.28. The summed E-state index contributed by atoms with van der Waals surface area (Å²) < 4.78 is 45.7. The SMILES string of the molecule is COc1ccc(F)c(NCc2ccc(S(N)(=O)=O)o2)c1. The monoisotopic (exact) mass is 300 g/mol. The van der Waals surface area contributed by atoms with Gasteiger partial charge in [-0.05, 0) is 24.3 Å². The first-order chi connectivity index (χ1) is 9.40. The van der Waals surface area contributed by atoms with Crippen LogP contribution in [-0.2, 0) is 16.6 Å². The van der Waals surface area contributed by atoms with Crippen molar-refractivity contribution in [1.82, 2.24) is 0 Å². The number of halogens is 1. The van der Waals surface area contributed by atoms with Gasteiger partial charge in [-0.3, -0.25) is 0 Å². The number of anilines is 1. The van der Waals surface area contributed by atoms with Gasteiger partial charge in [0.25, 0.3) is 10.0 Å². The van der Waals surface area contributed by atoms with Crippen LogP contribution >= 0.6 is 0 Å². The minimum absolute atomic E-state index is 0.111. The van der Waals surface area contributed by atoms with E-state index in [1.807, 2.05) is 0 Å². The molecule has 0 saturated heterocycles. The van der Waals surface area contributed by atoms with Gasteiger partial charge in [-0.15, -0.1) is 0 Å². The highest BCUT2D eigenvalue weighted by atomic mass is 32.2. The number of hydrogen-bond acceptors (Lipinski definition) is 5. The second-order valence-electron chi connectivity index (χ2n) is 3.97. The fourth-order valence-electron chi connectivity index (χ4n) is 1.56. The molecule has 0 radical (unpaired) electrons. The molecule has 6 nitrogen and oxygen atoms in total. The summed E-state index contributed by atoms with van der Waals surface area (Å²) >= 11 is 0. The second kappa shape index (κ2) is 5.51. The summed E-state index contributed by atoms with van der Waals surface area (Å²) in [6, 6.07) is 6.93. The largest absolute Gasteiger partial charge is 0.497 e. The Morgan fingerprint density at radius 1 is 1.35 bits per heavy atom. The van der Waals surface area contributed by atoms with Gasteiger partial charge in [-0.2, -0.15) is 0 Å². The summed E-state index contributed by atoms with van der Waals surface area (Å²) in [4.78, 5) is 0. The van der Waals surface area contributed by atoms with Crippen LogP contribution in [0.4, 0.5) is 10.1 Å². The lowest BCUT2D eigenvalue weighted by molar-refractivity contribution is 0.413. The van der Waals surface area contributed by atoms with Crippen LogP contribution in [0.5, 0.6) is 5.75 Å². The van der Waals surface area contributed by atoms with Crippen molar-refractivity contribution >= 4 is 15.7 Å². The molecule has 1 heterocycles. The molecule has 1 aromatic heterocycles. The summed E-state index contributed by atoms with van der Waals surface area (Å²) in [5.74, 6) is 0.360. The van der Waals surface area contributed by atoms with Gasteiger partial charge in [0, 0.05) is 6.07 Å².